The molecule has 2 N–H and O–H groups in total. The fourth-order valence-electron chi connectivity index (χ4n) is 3.71. The molecule has 4 rings (SSSR count). The van der Waals surface area contributed by atoms with Gasteiger partial charge in [-0.1, -0.05) is 12.1 Å². The van der Waals surface area contributed by atoms with Gasteiger partial charge in [0.05, 0.1) is 0 Å². The number of aromatic nitrogens is 1. The molecule has 0 atom stereocenters. The lowest BCUT2D eigenvalue weighted by atomic mass is 9.82. The van der Waals surface area contributed by atoms with E-state index in [1.54, 1.807) is 0 Å². The number of phenolic OH excluding ortho intramolecular Hbond substituents is 1. The average molecular weight is 386 g/mol. The smallest absolute Gasteiger partial charge is 0.251 e. The number of aromatic hydroxyl groups is 1. The van der Waals surface area contributed by atoms with Crippen molar-refractivity contribution in [2.45, 2.75) is 31.6 Å². The number of fused-ring (bicyclic) bond motifs is 1. The molecule has 0 aliphatic heterocycles. The first-order valence-corrected chi connectivity index (χ1v) is 9.33. The molecular weight excluding hydrogens is 366 g/mol. The van der Waals surface area contributed by atoms with Crippen molar-refractivity contribution in [3.05, 3.63) is 59.5 Å². The van der Waals surface area contributed by atoms with Crippen LogP contribution in [0.5, 0.6) is 5.75 Å². The Morgan fingerprint density at radius 1 is 1.14 bits per heavy atom. The van der Waals surface area contributed by atoms with Gasteiger partial charge in [0.2, 0.25) is 0 Å². The Kier molecular flexibility index (Phi) is 4.98. The Morgan fingerprint density at radius 3 is 2.50 bits per heavy atom. The topological polar surface area (TPSA) is 75.4 Å². The molecule has 1 heterocycles. The van der Waals surface area contributed by atoms with Crippen LogP contribution in [0.3, 0.4) is 0 Å². The maximum absolute atomic E-state index is 13.4. The molecule has 146 valence electrons. The summed E-state index contributed by atoms with van der Waals surface area (Å²) in [5.41, 5.74) is 1.51. The van der Waals surface area contributed by atoms with Crippen LogP contribution in [0.1, 0.15) is 47.8 Å². The average Bonchev–Trinajstić information content (AvgIpc) is 3.14. The quantitative estimate of drug-likeness (QED) is 0.692. The molecule has 1 aliphatic carbocycles. The molecule has 1 amide bonds. The van der Waals surface area contributed by atoms with Gasteiger partial charge in [0.25, 0.3) is 5.91 Å². The standard InChI is InChI=1S/C21H20F2N2O3/c22-15-9-14(10-16(23)19(15)26)20(27)24-11-12-5-7-13(8-6-12)21-25-17-3-1-2-4-18(17)28-21/h1-4,9-10,12-13,26H,5-8,11H2,(H,24,27)/t12-,13-. The second-order valence-corrected chi connectivity index (χ2v) is 7.24. The fraction of sp³-hybridized carbons (Fsp3) is 0.333. The Bertz CT molecular complexity index is 954. The number of para-hydroxylation sites is 2. The number of amides is 1. The van der Waals surface area contributed by atoms with Crippen molar-refractivity contribution in [3.63, 3.8) is 0 Å². The number of rotatable bonds is 4. The third kappa shape index (κ3) is 3.69. The van der Waals surface area contributed by atoms with Crippen molar-refractivity contribution in [3.8, 4) is 5.75 Å². The molecule has 0 unspecified atom stereocenters. The lowest BCUT2D eigenvalue weighted by molar-refractivity contribution is 0.0941. The molecule has 2 aromatic carbocycles. The second-order valence-electron chi connectivity index (χ2n) is 7.24. The highest BCUT2D eigenvalue weighted by Gasteiger charge is 2.26. The van der Waals surface area contributed by atoms with Crippen molar-refractivity contribution in [2.24, 2.45) is 5.92 Å². The van der Waals surface area contributed by atoms with Gasteiger partial charge in [-0.05, 0) is 55.9 Å². The van der Waals surface area contributed by atoms with Crippen LogP contribution in [0.4, 0.5) is 8.78 Å². The number of nitrogens with one attached hydrogen (secondary N) is 1. The van der Waals surface area contributed by atoms with Crippen LogP contribution in [0.15, 0.2) is 40.8 Å². The molecule has 0 spiro atoms. The van der Waals surface area contributed by atoms with Crippen molar-refractivity contribution < 1.29 is 23.1 Å². The molecule has 7 heteroatoms. The van der Waals surface area contributed by atoms with Gasteiger partial charge in [-0.2, -0.15) is 0 Å². The predicted octanol–water partition coefficient (Wildman–Crippen LogP) is 4.52. The van der Waals surface area contributed by atoms with E-state index < -0.39 is 23.3 Å². The van der Waals surface area contributed by atoms with E-state index >= 15 is 0 Å². The summed E-state index contributed by atoms with van der Waals surface area (Å²) in [7, 11) is 0. The monoisotopic (exact) mass is 386 g/mol. The Labute approximate surface area is 160 Å². The number of benzene rings is 2. The Hall–Kier alpha value is -2.96. The molecule has 0 bridgehead atoms. The summed E-state index contributed by atoms with van der Waals surface area (Å²) < 4.78 is 32.6. The van der Waals surface area contributed by atoms with Crippen molar-refractivity contribution in [1.82, 2.24) is 10.3 Å². The van der Waals surface area contributed by atoms with Crippen molar-refractivity contribution in [1.29, 1.82) is 0 Å². The molecule has 1 aromatic heterocycles. The minimum Gasteiger partial charge on any atom is -0.503 e. The molecule has 1 saturated carbocycles. The highest BCUT2D eigenvalue weighted by Crippen LogP contribution is 2.36. The fourth-order valence-corrected chi connectivity index (χ4v) is 3.71. The maximum atomic E-state index is 13.4. The summed E-state index contributed by atoms with van der Waals surface area (Å²) in [6.07, 6.45) is 3.63. The number of hydrogen-bond donors (Lipinski definition) is 2. The van der Waals surface area contributed by atoms with Crippen molar-refractivity contribution >= 4 is 17.0 Å². The largest absolute Gasteiger partial charge is 0.503 e. The number of oxazole rings is 1. The van der Waals surface area contributed by atoms with Gasteiger partial charge < -0.3 is 14.8 Å². The molecular formula is C21H20F2N2O3. The molecule has 5 nitrogen and oxygen atoms in total. The number of hydrogen-bond acceptors (Lipinski definition) is 4. The summed E-state index contributed by atoms with van der Waals surface area (Å²) in [5, 5.41) is 11.8. The van der Waals surface area contributed by atoms with Gasteiger partial charge in [0.1, 0.15) is 5.52 Å². The lowest BCUT2D eigenvalue weighted by Crippen LogP contribution is -2.31. The van der Waals surface area contributed by atoms with Crippen LogP contribution in [-0.2, 0) is 0 Å². The summed E-state index contributed by atoms with van der Waals surface area (Å²) in [6.45, 7) is 0.434. The maximum Gasteiger partial charge on any atom is 0.251 e. The van der Waals surface area contributed by atoms with E-state index in [0.717, 1.165) is 54.8 Å². The van der Waals surface area contributed by atoms with Gasteiger partial charge >= 0.3 is 0 Å². The molecule has 3 aromatic rings. The Morgan fingerprint density at radius 2 is 1.82 bits per heavy atom. The van der Waals surface area contributed by atoms with Gasteiger partial charge in [0.15, 0.2) is 28.9 Å². The van der Waals surface area contributed by atoms with E-state index in [9.17, 15) is 13.6 Å². The zero-order chi connectivity index (χ0) is 19.7. The van der Waals surface area contributed by atoms with Crippen LogP contribution in [0, 0.1) is 17.6 Å². The zero-order valence-corrected chi connectivity index (χ0v) is 15.1. The number of phenols is 1. The molecule has 1 fully saturated rings. The third-order valence-electron chi connectivity index (χ3n) is 5.34. The number of halogens is 2. The van der Waals surface area contributed by atoms with Crippen LogP contribution in [0.25, 0.3) is 11.1 Å². The van der Waals surface area contributed by atoms with Crippen LogP contribution < -0.4 is 5.32 Å². The number of carbonyl (C=O) groups excluding carboxylic acids is 1. The predicted molar refractivity (Wildman–Crippen MR) is 99.1 cm³/mol. The number of nitrogens with zero attached hydrogens (tertiary/aromatic N) is 1. The number of carbonyl (C=O) groups is 1. The van der Waals surface area contributed by atoms with E-state index in [1.165, 1.54) is 0 Å². The first kappa shape index (κ1) is 18.4. The highest BCUT2D eigenvalue weighted by atomic mass is 19.1. The van der Waals surface area contributed by atoms with Gasteiger partial charge in [-0.3, -0.25) is 4.79 Å². The summed E-state index contributed by atoms with van der Waals surface area (Å²) in [4.78, 5) is 16.7. The first-order chi connectivity index (χ1) is 13.5. The third-order valence-corrected chi connectivity index (χ3v) is 5.34. The van der Waals surface area contributed by atoms with Crippen molar-refractivity contribution in [2.75, 3.05) is 6.54 Å². The molecule has 0 saturated heterocycles. The van der Waals surface area contributed by atoms with E-state index in [1.807, 2.05) is 24.3 Å². The van der Waals surface area contributed by atoms with E-state index in [0.29, 0.717) is 6.54 Å². The van der Waals surface area contributed by atoms with Gasteiger partial charge in [-0.25, -0.2) is 13.8 Å². The van der Waals surface area contributed by atoms with Crippen LogP contribution in [-0.4, -0.2) is 22.5 Å². The Balaban J connectivity index is 1.31. The summed E-state index contributed by atoms with van der Waals surface area (Å²) in [5.74, 6) is -2.62. The molecule has 28 heavy (non-hydrogen) atoms. The van der Waals surface area contributed by atoms with E-state index in [2.05, 4.69) is 10.3 Å². The minimum absolute atomic E-state index is 0.145. The minimum atomic E-state index is -1.15. The van der Waals surface area contributed by atoms with Crippen LogP contribution >= 0.6 is 0 Å². The first-order valence-electron chi connectivity index (χ1n) is 9.33. The summed E-state index contributed by atoms with van der Waals surface area (Å²) in [6, 6.07) is 9.35. The van der Waals surface area contributed by atoms with E-state index in [4.69, 9.17) is 9.52 Å². The van der Waals surface area contributed by atoms with Gasteiger partial charge in [-0.15, -0.1) is 0 Å². The highest BCUT2D eigenvalue weighted by molar-refractivity contribution is 5.94. The molecule has 1 aliphatic rings. The summed E-state index contributed by atoms with van der Waals surface area (Å²) >= 11 is 0. The second kappa shape index (κ2) is 7.58. The van der Waals surface area contributed by atoms with Crippen LogP contribution in [0.2, 0.25) is 0 Å². The SMILES string of the molecule is O=C(NC[C@H]1CC[C@H](c2nc3ccccc3o2)CC1)c1cc(F)c(O)c(F)c1. The van der Waals surface area contributed by atoms with E-state index in [-0.39, 0.29) is 17.4 Å². The normalized spacial score (nSPS) is 19.6. The zero-order valence-electron chi connectivity index (χ0n) is 15.1. The van der Waals surface area contributed by atoms with Gasteiger partial charge in [0, 0.05) is 18.0 Å². The molecule has 0 radical (unpaired) electrons. The lowest BCUT2D eigenvalue weighted by Gasteiger charge is -2.26.